The van der Waals surface area contributed by atoms with Gasteiger partial charge in [0.05, 0.1) is 17.9 Å². The minimum Gasteiger partial charge on any atom is -0.465 e. The summed E-state index contributed by atoms with van der Waals surface area (Å²) in [6, 6.07) is 24.5. The number of hydrogen-bond donors (Lipinski definition) is 1. The fraction of sp³-hybridized carbons (Fsp3) is 0.136. The highest BCUT2D eigenvalue weighted by atomic mass is 16.3. The maximum atomic E-state index is 5.63. The van der Waals surface area contributed by atoms with Gasteiger partial charge in [0.25, 0.3) is 0 Å². The SMILES string of the molecule is Cc1ccc(CNCc2cn(-c3ccccc3)nc2-c2ccccc2)o1. The highest BCUT2D eigenvalue weighted by Gasteiger charge is 2.12. The predicted octanol–water partition coefficient (Wildman–Crippen LogP) is 4.73. The first kappa shape index (κ1) is 16.4. The summed E-state index contributed by atoms with van der Waals surface area (Å²) in [4.78, 5) is 0. The summed E-state index contributed by atoms with van der Waals surface area (Å²) < 4.78 is 7.57. The Morgan fingerprint density at radius 3 is 2.31 bits per heavy atom. The van der Waals surface area contributed by atoms with Crippen molar-refractivity contribution < 1.29 is 4.42 Å². The molecule has 0 aliphatic rings. The monoisotopic (exact) mass is 343 g/mol. The van der Waals surface area contributed by atoms with Crippen LogP contribution in [0, 0.1) is 6.92 Å². The molecule has 4 rings (SSSR count). The summed E-state index contributed by atoms with van der Waals surface area (Å²) in [5.74, 6) is 1.88. The molecule has 0 fully saturated rings. The van der Waals surface area contributed by atoms with Crippen LogP contribution >= 0.6 is 0 Å². The minimum absolute atomic E-state index is 0.693. The molecule has 26 heavy (non-hydrogen) atoms. The van der Waals surface area contributed by atoms with E-state index in [2.05, 4.69) is 35.8 Å². The molecule has 4 nitrogen and oxygen atoms in total. The Morgan fingerprint density at radius 1 is 0.885 bits per heavy atom. The third kappa shape index (κ3) is 3.60. The molecule has 2 aromatic heterocycles. The van der Waals surface area contributed by atoms with Gasteiger partial charge in [-0.2, -0.15) is 5.10 Å². The lowest BCUT2D eigenvalue weighted by Crippen LogP contribution is -2.12. The Kier molecular flexibility index (Phi) is 4.67. The van der Waals surface area contributed by atoms with Crippen molar-refractivity contribution in [3.63, 3.8) is 0 Å². The van der Waals surface area contributed by atoms with E-state index in [1.54, 1.807) is 0 Å². The number of nitrogens with zero attached hydrogens (tertiary/aromatic N) is 2. The van der Waals surface area contributed by atoms with Gasteiger partial charge in [0.1, 0.15) is 11.5 Å². The molecule has 0 unspecified atom stereocenters. The quantitative estimate of drug-likeness (QED) is 0.550. The first-order valence-electron chi connectivity index (χ1n) is 8.75. The number of furan rings is 1. The van der Waals surface area contributed by atoms with Crippen LogP contribution in [0.4, 0.5) is 0 Å². The number of hydrogen-bond acceptors (Lipinski definition) is 3. The van der Waals surface area contributed by atoms with Crippen LogP contribution < -0.4 is 5.32 Å². The Bertz CT molecular complexity index is 971. The molecule has 0 bridgehead atoms. The van der Waals surface area contributed by atoms with Gasteiger partial charge in [0.2, 0.25) is 0 Å². The molecule has 0 atom stereocenters. The molecule has 2 aromatic carbocycles. The molecule has 130 valence electrons. The first-order chi connectivity index (χ1) is 12.8. The molecule has 4 heteroatoms. The second kappa shape index (κ2) is 7.42. The lowest BCUT2D eigenvalue weighted by Gasteiger charge is -2.04. The fourth-order valence-electron chi connectivity index (χ4n) is 2.99. The highest BCUT2D eigenvalue weighted by molar-refractivity contribution is 5.63. The van der Waals surface area contributed by atoms with E-state index in [9.17, 15) is 0 Å². The summed E-state index contributed by atoms with van der Waals surface area (Å²) in [6.45, 7) is 3.37. The zero-order valence-corrected chi connectivity index (χ0v) is 14.7. The summed E-state index contributed by atoms with van der Waals surface area (Å²) in [5.41, 5.74) is 4.33. The topological polar surface area (TPSA) is 43.0 Å². The molecular formula is C22H21N3O. The van der Waals surface area contributed by atoms with Crippen molar-refractivity contribution in [2.45, 2.75) is 20.0 Å². The van der Waals surface area contributed by atoms with Crippen molar-refractivity contribution in [2.24, 2.45) is 0 Å². The number of benzene rings is 2. The van der Waals surface area contributed by atoms with Crippen LogP contribution in [-0.4, -0.2) is 9.78 Å². The lowest BCUT2D eigenvalue weighted by molar-refractivity contribution is 0.462. The van der Waals surface area contributed by atoms with E-state index in [1.807, 2.05) is 60.1 Å². The fourth-order valence-corrected chi connectivity index (χ4v) is 2.99. The van der Waals surface area contributed by atoms with Crippen molar-refractivity contribution >= 4 is 0 Å². The van der Waals surface area contributed by atoms with Crippen molar-refractivity contribution in [1.29, 1.82) is 0 Å². The van der Waals surface area contributed by atoms with Gasteiger partial charge in [-0.3, -0.25) is 0 Å². The van der Waals surface area contributed by atoms with Crippen molar-refractivity contribution in [1.82, 2.24) is 15.1 Å². The van der Waals surface area contributed by atoms with Crippen LogP contribution in [0.5, 0.6) is 0 Å². The number of para-hydroxylation sites is 1. The maximum absolute atomic E-state index is 5.63. The van der Waals surface area contributed by atoms with Crippen LogP contribution in [0.2, 0.25) is 0 Å². The number of aryl methyl sites for hydroxylation is 1. The van der Waals surface area contributed by atoms with E-state index in [1.165, 1.54) is 0 Å². The second-order valence-electron chi connectivity index (χ2n) is 6.27. The van der Waals surface area contributed by atoms with E-state index in [4.69, 9.17) is 9.52 Å². The summed E-state index contributed by atoms with van der Waals surface area (Å²) in [6.07, 6.45) is 2.10. The zero-order valence-electron chi connectivity index (χ0n) is 14.7. The molecule has 0 saturated heterocycles. The smallest absolute Gasteiger partial charge is 0.117 e. The Labute approximate surface area is 153 Å². The molecular weight excluding hydrogens is 322 g/mol. The van der Waals surface area contributed by atoms with Gasteiger partial charge >= 0.3 is 0 Å². The molecule has 0 saturated carbocycles. The molecule has 2 heterocycles. The van der Waals surface area contributed by atoms with Gasteiger partial charge in [-0.15, -0.1) is 0 Å². The predicted molar refractivity (Wildman–Crippen MR) is 103 cm³/mol. The van der Waals surface area contributed by atoms with Gasteiger partial charge in [0, 0.05) is 23.9 Å². The van der Waals surface area contributed by atoms with E-state index in [0.717, 1.165) is 40.6 Å². The van der Waals surface area contributed by atoms with Gasteiger partial charge in [-0.05, 0) is 31.2 Å². The maximum Gasteiger partial charge on any atom is 0.117 e. The molecule has 0 spiro atoms. The normalized spacial score (nSPS) is 11.0. The van der Waals surface area contributed by atoms with Crippen LogP contribution in [0.25, 0.3) is 16.9 Å². The van der Waals surface area contributed by atoms with Crippen LogP contribution in [0.15, 0.2) is 83.4 Å². The summed E-state index contributed by atoms with van der Waals surface area (Å²) >= 11 is 0. The second-order valence-corrected chi connectivity index (χ2v) is 6.27. The average molecular weight is 343 g/mol. The highest BCUT2D eigenvalue weighted by Crippen LogP contribution is 2.23. The zero-order chi connectivity index (χ0) is 17.8. The van der Waals surface area contributed by atoms with Gasteiger partial charge in [-0.25, -0.2) is 4.68 Å². The minimum atomic E-state index is 0.693. The summed E-state index contributed by atoms with van der Waals surface area (Å²) in [5, 5.41) is 8.29. The van der Waals surface area contributed by atoms with Gasteiger partial charge < -0.3 is 9.73 Å². The standard InChI is InChI=1S/C22H21N3O/c1-17-12-13-21(26-17)15-23-14-19-16-25(20-10-6-3-7-11-20)24-22(19)18-8-4-2-5-9-18/h2-13,16,23H,14-15H2,1H3. The third-order valence-electron chi connectivity index (χ3n) is 4.27. The number of nitrogens with one attached hydrogen (secondary N) is 1. The molecule has 4 aromatic rings. The molecule has 0 amide bonds. The van der Waals surface area contributed by atoms with E-state index in [-0.39, 0.29) is 0 Å². The molecule has 1 N–H and O–H groups in total. The largest absolute Gasteiger partial charge is 0.465 e. The van der Waals surface area contributed by atoms with Crippen molar-refractivity contribution in [2.75, 3.05) is 0 Å². The number of aromatic nitrogens is 2. The molecule has 0 aliphatic heterocycles. The summed E-state index contributed by atoms with van der Waals surface area (Å²) in [7, 11) is 0. The van der Waals surface area contributed by atoms with Crippen molar-refractivity contribution in [3.05, 3.63) is 96.1 Å². The average Bonchev–Trinajstić information content (AvgIpc) is 3.30. The number of rotatable bonds is 6. The first-order valence-corrected chi connectivity index (χ1v) is 8.75. The Balaban J connectivity index is 1.60. The third-order valence-corrected chi connectivity index (χ3v) is 4.27. The van der Waals surface area contributed by atoms with Gasteiger partial charge in [-0.1, -0.05) is 48.5 Å². The van der Waals surface area contributed by atoms with Crippen LogP contribution in [0.1, 0.15) is 17.1 Å². The van der Waals surface area contributed by atoms with E-state index < -0.39 is 0 Å². The van der Waals surface area contributed by atoms with Crippen molar-refractivity contribution in [3.8, 4) is 16.9 Å². The van der Waals surface area contributed by atoms with E-state index in [0.29, 0.717) is 6.54 Å². The van der Waals surface area contributed by atoms with Gasteiger partial charge in [0.15, 0.2) is 0 Å². The lowest BCUT2D eigenvalue weighted by atomic mass is 10.1. The Morgan fingerprint density at radius 2 is 1.62 bits per heavy atom. The molecule has 0 radical (unpaired) electrons. The van der Waals surface area contributed by atoms with E-state index >= 15 is 0 Å². The molecule has 0 aliphatic carbocycles. The Hall–Kier alpha value is -3.11. The van der Waals surface area contributed by atoms with Crippen LogP contribution in [-0.2, 0) is 13.1 Å². The van der Waals surface area contributed by atoms with Crippen LogP contribution in [0.3, 0.4) is 0 Å².